The van der Waals surface area contributed by atoms with Crippen molar-refractivity contribution in [1.82, 2.24) is 0 Å². The van der Waals surface area contributed by atoms with Crippen molar-refractivity contribution in [1.29, 1.82) is 0 Å². The van der Waals surface area contributed by atoms with Crippen molar-refractivity contribution in [3.63, 3.8) is 0 Å². The van der Waals surface area contributed by atoms with Crippen molar-refractivity contribution in [2.24, 2.45) is 0 Å². The largest absolute Gasteiger partial charge is 0.497 e. The molecule has 0 heterocycles. The van der Waals surface area contributed by atoms with Crippen LogP contribution >= 0.6 is 11.6 Å². The number of ether oxygens (including phenoxy) is 1. The number of benzene rings is 2. The van der Waals surface area contributed by atoms with Gasteiger partial charge in [0.15, 0.2) is 0 Å². The van der Waals surface area contributed by atoms with E-state index in [0.29, 0.717) is 16.3 Å². The summed E-state index contributed by atoms with van der Waals surface area (Å²) in [4.78, 5) is 11.4. The minimum absolute atomic E-state index is 0.199. The molecule has 2 rings (SSSR count). The van der Waals surface area contributed by atoms with Gasteiger partial charge in [0.2, 0.25) is 0 Å². The van der Waals surface area contributed by atoms with Crippen LogP contribution in [0.4, 0.5) is 0 Å². The zero-order valence-corrected chi connectivity index (χ0v) is 11.4. The second kappa shape index (κ2) is 5.33. The molecule has 4 heteroatoms. The second-order valence-corrected chi connectivity index (χ2v) is 4.54. The maximum Gasteiger partial charge on any atom is 0.336 e. The van der Waals surface area contributed by atoms with Gasteiger partial charge in [0.1, 0.15) is 5.75 Å². The summed E-state index contributed by atoms with van der Waals surface area (Å²) in [6.45, 7) is 1.87. The summed E-state index contributed by atoms with van der Waals surface area (Å²) < 4.78 is 5.06. The maximum absolute atomic E-state index is 11.4. The van der Waals surface area contributed by atoms with Crippen LogP contribution in [0.3, 0.4) is 0 Å². The average Bonchev–Trinajstić information content (AvgIpc) is 2.41. The molecule has 0 aliphatic heterocycles. The fraction of sp³-hybridized carbons (Fsp3) is 0.133. The van der Waals surface area contributed by atoms with Crippen molar-refractivity contribution < 1.29 is 14.6 Å². The number of methoxy groups -OCH3 is 1. The number of halogens is 1. The monoisotopic (exact) mass is 276 g/mol. The van der Waals surface area contributed by atoms with Crippen molar-refractivity contribution in [2.45, 2.75) is 6.92 Å². The van der Waals surface area contributed by atoms with Crippen LogP contribution in [0.25, 0.3) is 11.1 Å². The lowest BCUT2D eigenvalue weighted by atomic mass is 9.96. The Morgan fingerprint density at radius 1 is 1.21 bits per heavy atom. The van der Waals surface area contributed by atoms with Crippen LogP contribution in [0.5, 0.6) is 5.75 Å². The molecule has 0 fully saturated rings. The van der Waals surface area contributed by atoms with Crippen LogP contribution in [0.15, 0.2) is 36.4 Å². The van der Waals surface area contributed by atoms with Crippen molar-refractivity contribution in [2.75, 3.05) is 7.11 Å². The number of carbonyl (C=O) groups is 1. The zero-order valence-electron chi connectivity index (χ0n) is 10.6. The fourth-order valence-electron chi connectivity index (χ4n) is 1.96. The van der Waals surface area contributed by atoms with Crippen LogP contribution in [-0.4, -0.2) is 18.2 Å². The summed E-state index contributed by atoms with van der Waals surface area (Å²) in [6, 6.07) is 10.4. The van der Waals surface area contributed by atoms with E-state index in [0.717, 1.165) is 11.1 Å². The first kappa shape index (κ1) is 13.4. The average molecular weight is 277 g/mol. The third-order valence-corrected chi connectivity index (χ3v) is 3.42. The summed E-state index contributed by atoms with van der Waals surface area (Å²) in [6.07, 6.45) is 0. The molecule has 2 aromatic carbocycles. The zero-order chi connectivity index (χ0) is 14.0. The Kier molecular flexibility index (Phi) is 3.76. The Hall–Kier alpha value is -2.00. The number of hydrogen-bond donors (Lipinski definition) is 1. The van der Waals surface area contributed by atoms with E-state index in [-0.39, 0.29) is 5.56 Å². The predicted octanol–water partition coefficient (Wildman–Crippen LogP) is 4.02. The van der Waals surface area contributed by atoms with Gasteiger partial charge in [0, 0.05) is 5.02 Å². The van der Waals surface area contributed by atoms with E-state index in [9.17, 15) is 9.90 Å². The molecule has 19 heavy (non-hydrogen) atoms. The van der Waals surface area contributed by atoms with E-state index in [1.807, 2.05) is 13.0 Å². The molecule has 0 unspecified atom stereocenters. The normalized spacial score (nSPS) is 10.3. The van der Waals surface area contributed by atoms with Gasteiger partial charge in [-0.2, -0.15) is 0 Å². The van der Waals surface area contributed by atoms with Crippen LogP contribution in [0.1, 0.15) is 15.9 Å². The molecular formula is C15H13ClO3. The molecule has 0 atom stereocenters. The molecule has 2 aromatic rings. The maximum atomic E-state index is 11.4. The first-order valence-electron chi connectivity index (χ1n) is 5.71. The highest BCUT2D eigenvalue weighted by molar-refractivity contribution is 6.31. The summed E-state index contributed by atoms with van der Waals surface area (Å²) in [5.74, 6) is -0.478. The third-order valence-electron chi connectivity index (χ3n) is 3.02. The molecule has 0 bridgehead atoms. The Bertz CT molecular complexity index is 635. The van der Waals surface area contributed by atoms with Gasteiger partial charge in [0.25, 0.3) is 0 Å². The van der Waals surface area contributed by atoms with Crippen LogP contribution < -0.4 is 4.74 Å². The Morgan fingerprint density at radius 2 is 1.95 bits per heavy atom. The molecule has 0 aromatic heterocycles. The molecule has 0 spiro atoms. The Balaban J connectivity index is 2.68. The number of carboxylic acid groups (broad SMARTS) is 1. The lowest BCUT2D eigenvalue weighted by Gasteiger charge is -2.12. The van der Waals surface area contributed by atoms with Crippen LogP contribution in [0, 0.1) is 6.92 Å². The van der Waals surface area contributed by atoms with E-state index < -0.39 is 5.97 Å². The van der Waals surface area contributed by atoms with Gasteiger partial charge < -0.3 is 9.84 Å². The molecule has 0 saturated heterocycles. The third kappa shape index (κ3) is 2.56. The van der Waals surface area contributed by atoms with Gasteiger partial charge >= 0.3 is 5.97 Å². The molecule has 0 radical (unpaired) electrons. The second-order valence-electron chi connectivity index (χ2n) is 4.13. The predicted molar refractivity (Wildman–Crippen MR) is 75.1 cm³/mol. The quantitative estimate of drug-likeness (QED) is 0.921. The highest BCUT2D eigenvalue weighted by Gasteiger charge is 2.15. The minimum Gasteiger partial charge on any atom is -0.497 e. The van der Waals surface area contributed by atoms with Gasteiger partial charge in [0.05, 0.1) is 12.7 Å². The van der Waals surface area contributed by atoms with E-state index in [1.165, 1.54) is 13.2 Å². The summed E-state index contributed by atoms with van der Waals surface area (Å²) >= 11 is 6.08. The molecular weight excluding hydrogens is 264 g/mol. The topological polar surface area (TPSA) is 46.5 Å². The molecule has 0 amide bonds. The van der Waals surface area contributed by atoms with Crippen molar-refractivity contribution >= 4 is 17.6 Å². The van der Waals surface area contributed by atoms with E-state index in [1.54, 1.807) is 24.3 Å². The highest BCUT2D eigenvalue weighted by Crippen LogP contribution is 2.32. The van der Waals surface area contributed by atoms with Gasteiger partial charge in [-0.15, -0.1) is 0 Å². The van der Waals surface area contributed by atoms with Gasteiger partial charge in [-0.1, -0.05) is 23.7 Å². The van der Waals surface area contributed by atoms with Crippen LogP contribution in [0.2, 0.25) is 5.02 Å². The lowest BCUT2D eigenvalue weighted by molar-refractivity contribution is 0.0697. The Morgan fingerprint density at radius 3 is 2.58 bits per heavy atom. The van der Waals surface area contributed by atoms with E-state index >= 15 is 0 Å². The molecule has 3 nitrogen and oxygen atoms in total. The van der Waals surface area contributed by atoms with E-state index in [2.05, 4.69) is 0 Å². The van der Waals surface area contributed by atoms with Crippen molar-refractivity contribution in [3.05, 3.63) is 52.5 Å². The Labute approximate surface area is 116 Å². The van der Waals surface area contributed by atoms with Gasteiger partial charge in [-0.05, 0) is 47.9 Å². The first-order valence-corrected chi connectivity index (χ1v) is 6.09. The summed E-state index contributed by atoms with van der Waals surface area (Å²) in [5.41, 5.74) is 2.50. The standard InChI is InChI=1S/C15H13ClO3/c1-9-11(4-3-5-14(9)16)12-7-6-10(19-2)8-13(12)15(17)18/h3-8H,1-2H3,(H,17,18). The smallest absolute Gasteiger partial charge is 0.336 e. The van der Waals surface area contributed by atoms with Crippen LogP contribution in [-0.2, 0) is 0 Å². The molecule has 98 valence electrons. The highest BCUT2D eigenvalue weighted by atomic mass is 35.5. The molecule has 0 saturated carbocycles. The molecule has 1 N–H and O–H groups in total. The minimum atomic E-state index is -0.992. The van der Waals surface area contributed by atoms with Crippen molar-refractivity contribution in [3.8, 4) is 16.9 Å². The first-order chi connectivity index (χ1) is 9.04. The SMILES string of the molecule is COc1ccc(-c2cccc(Cl)c2C)c(C(=O)O)c1. The molecule has 0 aliphatic carbocycles. The van der Waals surface area contributed by atoms with Gasteiger partial charge in [-0.25, -0.2) is 4.79 Å². The van der Waals surface area contributed by atoms with E-state index in [4.69, 9.17) is 16.3 Å². The van der Waals surface area contributed by atoms with Gasteiger partial charge in [-0.3, -0.25) is 0 Å². The molecule has 0 aliphatic rings. The summed E-state index contributed by atoms with van der Waals surface area (Å²) in [7, 11) is 1.51. The fourth-order valence-corrected chi connectivity index (χ4v) is 2.14. The summed E-state index contributed by atoms with van der Waals surface area (Å²) in [5, 5.41) is 9.93. The number of rotatable bonds is 3. The number of hydrogen-bond acceptors (Lipinski definition) is 2. The number of aromatic carboxylic acids is 1. The number of carboxylic acids is 1. The lowest BCUT2D eigenvalue weighted by Crippen LogP contribution is -2.01.